The van der Waals surface area contributed by atoms with Crippen molar-refractivity contribution in [3.8, 4) is 0 Å². The summed E-state index contributed by atoms with van der Waals surface area (Å²) in [7, 11) is 0. The minimum atomic E-state index is 0.630. The maximum absolute atomic E-state index is 5.55. The number of ether oxygens (including phenoxy) is 1. The molecule has 72 valence electrons. The van der Waals surface area contributed by atoms with Gasteiger partial charge in [0.1, 0.15) is 5.00 Å². The van der Waals surface area contributed by atoms with Crippen molar-refractivity contribution in [3.63, 3.8) is 0 Å². The normalized spacial score (nSPS) is 22.0. The first kappa shape index (κ1) is 8.77. The molecule has 1 saturated heterocycles. The van der Waals surface area contributed by atoms with Crippen molar-refractivity contribution in [2.24, 2.45) is 5.92 Å². The third kappa shape index (κ3) is 2.32. The first-order valence-electron chi connectivity index (χ1n) is 4.37. The third-order valence-electron chi connectivity index (χ3n) is 2.09. The van der Waals surface area contributed by atoms with Crippen LogP contribution in [0.4, 0.5) is 10.1 Å². The van der Waals surface area contributed by atoms with Crippen LogP contribution in [0.3, 0.4) is 0 Å². The Kier molecular flexibility index (Phi) is 2.65. The topological polar surface area (TPSA) is 60.2 Å². The van der Waals surface area contributed by atoms with Crippen molar-refractivity contribution in [3.05, 3.63) is 6.20 Å². The molecule has 1 aromatic rings. The molecular formula is C8H13N3OS. The van der Waals surface area contributed by atoms with Crippen LogP contribution >= 0.6 is 11.3 Å². The van der Waals surface area contributed by atoms with Crippen molar-refractivity contribution in [1.82, 2.24) is 4.98 Å². The lowest BCUT2D eigenvalue weighted by atomic mass is 10.1. The Morgan fingerprint density at radius 2 is 2.69 bits per heavy atom. The second-order valence-corrected chi connectivity index (χ2v) is 4.24. The molecule has 0 amide bonds. The Labute approximate surface area is 81.1 Å². The fraction of sp³-hybridized carbons (Fsp3) is 0.625. The summed E-state index contributed by atoms with van der Waals surface area (Å²) in [5.74, 6) is 0.630. The molecular weight excluding hydrogens is 186 g/mol. The van der Waals surface area contributed by atoms with E-state index >= 15 is 0 Å². The summed E-state index contributed by atoms with van der Waals surface area (Å²) in [4.78, 5) is 4.12. The van der Waals surface area contributed by atoms with Gasteiger partial charge in [-0.25, -0.2) is 4.98 Å². The number of aromatic nitrogens is 1. The average molecular weight is 199 g/mol. The fourth-order valence-electron chi connectivity index (χ4n) is 1.34. The smallest absolute Gasteiger partial charge is 0.184 e. The van der Waals surface area contributed by atoms with E-state index in [1.54, 1.807) is 6.20 Å². The molecule has 4 nitrogen and oxygen atoms in total. The maximum atomic E-state index is 5.55. The van der Waals surface area contributed by atoms with Gasteiger partial charge in [-0.15, -0.1) is 0 Å². The number of nitrogens with two attached hydrogens (primary N) is 1. The lowest BCUT2D eigenvalue weighted by molar-refractivity contribution is 0.187. The highest BCUT2D eigenvalue weighted by molar-refractivity contribution is 7.19. The van der Waals surface area contributed by atoms with Gasteiger partial charge in [0.05, 0.1) is 12.8 Å². The average Bonchev–Trinajstić information content (AvgIpc) is 2.71. The molecule has 0 bridgehead atoms. The molecule has 1 aliphatic heterocycles. The molecule has 13 heavy (non-hydrogen) atoms. The van der Waals surface area contributed by atoms with Gasteiger partial charge in [-0.05, 0) is 6.42 Å². The van der Waals surface area contributed by atoms with Crippen molar-refractivity contribution >= 4 is 21.5 Å². The third-order valence-corrected chi connectivity index (χ3v) is 2.87. The molecule has 0 radical (unpaired) electrons. The summed E-state index contributed by atoms with van der Waals surface area (Å²) in [6.07, 6.45) is 2.83. The highest BCUT2D eigenvalue weighted by atomic mass is 32.1. The van der Waals surface area contributed by atoms with Crippen LogP contribution < -0.4 is 11.1 Å². The van der Waals surface area contributed by atoms with Crippen LogP contribution in [0.25, 0.3) is 0 Å². The van der Waals surface area contributed by atoms with Gasteiger partial charge in [0.15, 0.2) is 5.13 Å². The predicted octanol–water partition coefficient (Wildman–Crippen LogP) is 1.17. The zero-order chi connectivity index (χ0) is 9.10. The summed E-state index contributed by atoms with van der Waals surface area (Å²) in [5, 5.41) is 4.92. The summed E-state index contributed by atoms with van der Waals surface area (Å²) in [5.41, 5.74) is 5.55. The number of nitrogens with one attached hydrogen (secondary N) is 1. The van der Waals surface area contributed by atoms with Crippen LogP contribution in [0.15, 0.2) is 6.20 Å². The van der Waals surface area contributed by atoms with Crippen molar-refractivity contribution in [2.45, 2.75) is 6.42 Å². The molecule has 1 aromatic heterocycles. The standard InChI is InChI=1S/C8H13N3OS/c9-7-4-11-8(13-7)10-3-6-1-2-12-5-6/h4,6H,1-3,5,9H2,(H,10,11). The van der Waals surface area contributed by atoms with E-state index in [-0.39, 0.29) is 0 Å². The molecule has 5 heteroatoms. The number of hydrogen-bond donors (Lipinski definition) is 2. The van der Waals surface area contributed by atoms with Crippen LogP contribution in [0.1, 0.15) is 6.42 Å². The highest BCUT2D eigenvalue weighted by Gasteiger charge is 2.15. The number of thiazole rings is 1. The zero-order valence-corrected chi connectivity index (χ0v) is 8.14. The van der Waals surface area contributed by atoms with Crippen molar-refractivity contribution in [1.29, 1.82) is 0 Å². The highest BCUT2D eigenvalue weighted by Crippen LogP contribution is 2.20. The van der Waals surface area contributed by atoms with Gasteiger partial charge in [-0.1, -0.05) is 11.3 Å². The molecule has 1 aliphatic rings. The Hall–Kier alpha value is -0.810. The molecule has 1 atom stereocenters. The molecule has 0 spiro atoms. The van der Waals surface area contributed by atoms with Gasteiger partial charge in [0.2, 0.25) is 0 Å². The van der Waals surface area contributed by atoms with E-state index in [0.29, 0.717) is 5.92 Å². The quantitative estimate of drug-likeness (QED) is 0.767. The van der Waals surface area contributed by atoms with E-state index in [2.05, 4.69) is 10.3 Å². The Bertz CT molecular complexity index is 270. The minimum Gasteiger partial charge on any atom is -0.389 e. The number of nitrogens with zero attached hydrogens (tertiary/aromatic N) is 1. The molecule has 0 aliphatic carbocycles. The number of nitrogen functional groups attached to an aromatic ring is 1. The molecule has 2 rings (SSSR count). The predicted molar refractivity (Wildman–Crippen MR) is 53.9 cm³/mol. The van der Waals surface area contributed by atoms with Gasteiger partial charge >= 0.3 is 0 Å². The second-order valence-electron chi connectivity index (χ2n) is 3.18. The van der Waals surface area contributed by atoms with Crippen LogP contribution in [-0.4, -0.2) is 24.7 Å². The van der Waals surface area contributed by atoms with E-state index in [1.165, 1.54) is 11.3 Å². The zero-order valence-electron chi connectivity index (χ0n) is 7.32. The second kappa shape index (κ2) is 3.93. The van der Waals surface area contributed by atoms with Crippen molar-refractivity contribution in [2.75, 3.05) is 30.8 Å². The minimum absolute atomic E-state index is 0.630. The van der Waals surface area contributed by atoms with E-state index < -0.39 is 0 Å². The molecule has 3 N–H and O–H groups in total. The van der Waals surface area contributed by atoms with Crippen molar-refractivity contribution < 1.29 is 4.74 Å². The number of hydrogen-bond acceptors (Lipinski definition) is 5. The Morgan fingerprint density at radius 1 is 1.77 bits per heavy atom. The SMILES string of the molecule is Nc1cnc(NCC2CCOC2)s1. The van der Waals surface area contributed by atoms with E-state index in [1.807, 2.05) is 0 Å². The Balaban J connectivity index is 1.78. The number of rotatable bonds is 3. The molecule has 2 heterocycles. The molecule has 1 unspecified atom stereocenters. The summed E-state index contributed by atoms with van der Waals surface area (Å²) in [6.45, 7) is 2.70. The van der Waals surface area contributed by atoms with Crippen LogP contribution in [0, 0.1) is 5.92 Å². The summed E-state index contributed by atoms with van der Waals surface area (Å²) >= 11 is 1.49. The van der Waals surface area contributed by atoms with Gasteiger partial charge in [0.25, 0.3) is 0 Å². The van der Waals surface area contributed by atoms with Gasteiger partial charge in [0, 0.05) is 19.1 Å². The fourth-order valence-corrected chi connectivity index (χ4v) is 1.93. The van der Waals surface area contributed by atoms with E-state index in [9.17, 15) is 0 Å². The first-order valence-corrected chi connectivity index (χ1v) is 5.19. The van der Waals surface area contributed by atoms with Crippen LogP contribution in [0.5, 0.6) is 0 Å². The summed E-state index contributed by atoms with van der Waals surface area (Å²) in [6, 6.07) is 0. The Morgan fingerprint density at radius 3 is 3.31 bits per heavy atom. The monoisotopic (exact) mass is 199 g/mol. The molecule has 0 aromatic carbocycles. The maximum Gasteiger partial charge on any atom is 0.184 e. The lowest BCUT2D eigenvalue weighted by Crippen LogP contribution is -2.13. The molecule has 1 fully saturated rings. The number of anilines is 2. The molecule has 0 saturated carbocycles. The first-order chi connectivity index (χ1) is 6.34. The van der Waals surface area contributed by atoms with Crippen LogP contribution in [-0.2, 0) is 4.74 Å². The van der Waals surface area contributed by atoms with E-state index in [0.717, 1.165) is 36.3 Å². The van der Waals surface area contributed by atoms with Gasteiger partial charge in [-0.3, -0.25) is 0 Å². The van der Waals surface area contributed by atoms with Gasteiger partial charge < -0.3 is 15.8 Å². The lowest BCUT2D eigenvalue weighted by Gasteiger charge is -2.06. The van der Waals surface area contributed by atoms with Gasteiger partial charge in [-0.2, -0.15) is 0 Å². The summed E-state index contributed by atoms with van der Waals surface area (Å²) < 4.78 is 5.27. The van der Waals surface area contributed by atoms with E-state index in [4.69, 9.17) is 10.5 Å². The largest absolute Gasteiger partial charge is 0.389 e. The van der Waals surface area contributed by atoms with Crippen LogP contribution in [0.2, 0.25) is 0 Å².